The summed E-state index contributed by atoms with van der Waals surface area (Å²) in [6, 6.07) is 13.6. The summed E-state index contributed by atoms with van der Waals surface area (Å²) in [4.78, 5) is 9.62. The number of fused-ring (bicyclic) bond motifs is 1. The molecule has 120 valence electrons. The number of para-hydroxylation sites is 2. The highest BCUT2D eigenvalue weighted by Crippen LogP contribution is 2.27. The minimum Gasteiger partial charge on any atom is -0.609 e. The molecule has 1 atom stereocenters. The Morgan fingerprint density at radius 1 is 1.17 bits per heavy atom. The summed E-state index contributed by atoms with van der Waals surface area (Å²) in [6.45, 7) is 0. The summed E-state index contributed by atoms with van der Waals surface area (Å²) in [7, 11) is 5.56. The van der Waals surface area contributed by atoms with E-state index < -0.39 is 11.2 Å². The molecular weight excluding hydrogens is 310 g/mol. The number of nitrogens with one attached hydrogen (secondary N) is 1. The van der Waals surface area contributed by atoms with E-state index in [1.165, 1.54) is 0 Å². The van der Waals surface area contributed by atoms with Gasteiger partial charge in [0.05, 0.1) is 12.6 Å². The normalized spacial score (nSPS) is 12.3. The van der Waals surface area contributed by atoms with Gasteiger partial charge in [0.2, 0.25) is 0 Å². The van der Waals surface area contributed by atoms with E-state index in [4.69, 9.17) is 4.74 Å². The summed E-state index contributed by atoms with van der Waals surface area (Å²) >= 11 is -1.25. The number of hydrogen-bond acceptors (Lipinski definition) is 4. The third-order valence-corrected chi connectivity index (χ3v) is 4.85. The van der Waals surface area contributed by atoms with Crippen LogP contribution in [0.1, 0.15) is 5.56 Å². The Morgan fingerprint density at radius 2 is 1.96 bits per heavy atom. The monoisotopic (exact) mass is 329 g/mol. The van der Waals surface area contributed by atoms with Crippen molar-refractivity contribution >= 4 is 27.9 Å². The number of aromatic amines is 1. The van der Waals surface area contributed by atoms with Crippen molar-refractivity contribution in [3.05, 3.63) is 48.0 Å². The smallest absolute Gasteiger partial charge is 0.322 e. The van der Waals surface area contributed by atoms with Gasteiger partial charge >= 0.3 is 5.16 Å². The van der Waals surface area contributed by atoms with Gasteiger partial charge in [0.1, 0.15) is 17.0 Å². The molecule has 2 aromatic carbocycles. The topological polar surface area (TPSA) is 64.2 Å². The molecule has 0 saturated carbocycles. The number of aromatic nitrogens is 2. The first-order valence-corrected chi connectivity index (χ1v) is 8.58. The highest BCUT2D eigenvalue weighted by molar-refractivity contribution is 7.90. The van der Waals surface area contributed by atoms with E-state index in [-0.39, 0.29) is 0 Å². The molecule has 23 heavy (non-hydrogen) atoms. The second-order valence-corrected chi connectivity index (χ2v) is 6.78. The van der Waals surface area contributed by atoms with E-state index in [1.54, 1.807) is 7.11 Å². The number of imidazole rings is 1. The first kappa shape index (κ1) is 15.7. The lowest BCUT2D eigenvalue weighted by molar-refractivity contribution is 0.419. The Morgan fingerprint density at radius 3 is 2.70 bits per heavy atom. The maximum atomic E-state index is 12.7. The molecule has 3 aromatic rings. The van der Waals surface area contributed by atoms with Crippen molar-refractivity contribution in [3.63, 3.8) is 0 Å². The summed E-state index contributed by atoms with van der Waals surface area (Å²) in [5, 5.41) is 0.470. The molecule has 1 aromatic heterocycles. The van der Waals surface area contributed by atoms with Crippen LogP contribution >= 0.6 is 0 Å². The molecule has 0 aliphatic heterocycles. The standard InChI is InChI=1S/C17H19N3O2S/c1-20(2)14-9-5-4-7-12(14)11-23(21)17-18-13-8-6-10-15(22-3)16(13)19-17/h4-10H,11H2,1-3H3,(H,18,19). The van der Waals surface area contributed by atoms with Crippen molar-refractivity contribution in [3.8, 4) is 5.75 Å². The number of ether oxygens (including phenoxy) is 1. The predicted molar refractivity (Wildman–Crippen MR) is 93.5 cm³/mol. The number of H-pyrrole nitrogens is 1. The van der Waals surface area contributed by atoms with Crippen molar-refractivity contribution in [2.75, 3.05) is 26.1 Å². The maximum Gasteiger partial charge on any atom is 0.322 e. The van der Waals surface area contributed by atoms with Crippen molar-refractivity contribution in [1.82, 2.24) is 9.97 Å². The van der Waals surface area contributed by atoms with Crippen LogP contribution in [-0.2, 0) is 16.9 Å². The average Bonchev–Trinajstić information content (AvgIpc) is 2.99. The SMILES string of the molecule is COc1cccc2[nH]c([S+]([O-])Cc3ccccc3N(C)C)nc12. The molecular formula is C17H19N3O2S. The number of anilines is 1. The quantitative estimate of drug-likeness (QED) is 0.731. The van der Waals surface area contributed by atoms with Crippen LogP contribution in [0.25, 0.3) is 11.0 Å². The Bertz CT molecular complexity index is 816. The molecule has 1 heterocycles. The molecule has 3 rings (SSSR count). The lowest BCUT2D eigenvalue weighted by Crippen LogP contribution is -2.14. The van der Waals surface area contributed by atoms with E-state index >= 15 is 0 Å². The van der Waals surface area contributed by atoms with Gasteiger partial charge < -0.3 is 14.2 Å². The molecule has 0 aliphatic carbocycles. The molecule has 0 aliphatic rings. The van der Waals surface area contributed by atoms with Crippen LogP contribution in [0, 0.1) is 0 Å². The van der Waals surface area contributed by atoms with E-state index in [2.05, 4.69) is 9.97 Å². The van der Waals surface area contributed by atoms with Gasteiger partial charge in [-0.1, -0.05) is 24.3 Å². The van der Waals surface area contributed by atoms with Gasteiger partial charge in [-0.25, -0.2) is 0 Å². The van der Waals surface area contributed by atoms with Crippen LogP contribution in [0.4, 0.5) is 5.69 Å². The fourth-order valence-electron chi connectivity index (χ4n) is 2.53. The predicted octanol–water partition coefficient (Wildman–Crippen LogP) is 2.95. The van der Waals surface area contributed by atoms with Crippen LogP contribution in [0.2, 0.25) is 0 Å². The Labute approximate surface area is 138 Å². The first-order chi connectivity index (χ1) is 11.1. The van der Waals surface area contributed by atoms with E-state index in [9.17, 15) is 4.55 Å². The van der Waals surface area contributed by atoms with Crippen LogP contribution in [0.5, 0.6) is 5.75 Å². The van der Waals surface area contributed by atoms with E-state index in [0.717, 1.165) is 16.8 Å². The average molecular weight is 329 g/mol. The molecule has 0 bridgehead atoms. The van der Waals surface area contributed by atoms with E-state index in [1.807, 2.05) is 61.5 Å². The van der Waals surface area contributed by atoms with Crippen LogP contribution in [0.3, 0.4) is 0 Å². The van der Waals surface area contributed by atoms with Crippen molar-refractivity contribution < 1.29 is 9.29 Å². The van der Waals surface area contributed by atoms with Crippen LogP contribution in [0.15, 0.2) is 47.6 Å². The summed E-state index contributed by atoms with van der Waals surface area (Å²) in [5.41, 5.74) is 3.63. The number of methoxy groups -OCH3 is 1. The minimum absolute atomic E-state index is 0.413. The van der Waals surface area contributed by atoms with Crippen LogP contribution < -0.4 is 9.64 Å². The summed E-state index contributed by atoms with van der Waals surface area (Å²) in [5.74, 6) is 1.09. The lowest BCUT2D eigenvalue weighted by atomic mass is 10.2. The lowest BCUT2D eigenvalue weighted by Gasteiger charge is -2.17. The first-order valence-electron chi connectivity index (χ1n) is 7.26. The third-order valence-electron chi connectivity index (χ3n) is 3.65. The Kier molecular flexibility index (Phi) is 4.45. The highest BCUT2D eigenvalue weighted by Gasteiger charge is 2.20. The number of rotatable bonds is 5. The minimum atomic E-state index is -1.25. The molecule has 0 fully saturated rings. The Hall–Kier alpha value is -2.18. The fraction of sp³-hybridized carbons (Fsp3) is 0.235. The second kappa shape index (κ2) is 6.52. The molecule has 1 N–H and O–H groups in total. The van der Waals surface area contributed by atoms with Gasteiger partial charge in [-0.2, -0.15) is 4.98 Å². The van der Waals surface area contributed by atoms with Gasteiger partial charge in [0, 0.05) is 36.5 Å². The van der Waals surface area contributed by atoms with Crippen molar-refractivity contribution in [1.29, 1.82) is 0 Å². The van der Waals surface area contributed by atoms with Gasteiger partial charge in [-0.3, -0.25) is 4.98 Å². The van der Waals surface area contributed by atoms with Crippen molar-refractivity contribution in [2.45, 2.75) is 10.9 Å². The molecule has 0 spiro atoms. The largest absolute Gasteiger partial charge is 0.609 e. The molecule has 0 amide bonds. The van der Waals surface area contributed by atoms with Gasteiger partial charge in [-0.15, -0.1) is 0 Å². The van der Waals surface area contributed by atoms with Gasteiger partial charge in [-0.05, 0) is 18.2 Å². The Balaban J connectivity index is 1.91. The zero-order valence-electron chi connectivity index (χ0n) is 13.4. The van der Waals surface area contributed by atoms with Gasteiger partial charge in [0.15, 0.2) is 0 Å². The number of benzene rings is 2. The van der Waals surface area contributed by atoms with Crippen molar-refractivity contribution in [2.24, 2.45) is 0 Å². The summed E-state index contributed by atoms with van der Waals surface area (Å²) < 4.78 is 18.0. The summed E-state index contributed by atoms with van der Waals surface area (Å²) in [6.07, 6.45) is 0. The third kappa shape index (κ3) is 3.13. The molecule has 1 unspecified atom stereocenters. The second-order valence-electron chi connectivity index (χ2n) is 5.41. The van der Waals surface area contributed by atoms with Crippen LogP contribution in [-0.4, -0.2) is 35.7 Å². The van der Waals surface area contributed by atoms with E-state index in [0.29, 0.717) is 22.2 Å². The highest BCUT2D eigenvalue weighted by atomic mass is 32.2. The molecule has 0 saturated heterocycles. The maximum absolute atomic E-state index is 12.7. The fourth-order valence-corrected chi connectivity index (χ4v) is 3.61. The molecule has 5 nitrogen and oxygen atoms in total. The molecule has 0 radical (unpaired) electrons. The number of hydrogen-bond donors (Lipinski definition) is 1. The zero-order valence-corrected chi connectivity index (χ0v) is 14.2. The zero-order chi connectivity index (χ0) is 16.4. The molecule has 6 heteroatoms. The van der Waals surface area contributed by atoms with Gasteiger partial charge in [0.25, 0.3) is 0 Å². The number of nitrogens with zero attached hydrogens (tertiary/aromatic N) is 2.